The summed E-state index contributed by atoms with van der Waals surface area (Å²) >= 11 is 0. The zero-order valence-corrected chi connectivity index (χ0v) is 25.0. The van der Waals surface area contributed by atoms with Crippen molar-refractivity contribution in [2.24, 2.45) is 0 Å². The van der Waals surface area contributed by atoms with E-state index in [1.54, 1.807) is 0 Å². The second-order valence-corrected chi connectivity index (χ2v) is 11.8. The lowest BCUT2D eigenvalue weighted by Crippen LogP contribution is -2.41. The van der Waals surface area contributed by atoms with Crippen molar-refractivity contribution in [1.82, 2.24) is 5.48 Å². The fourth-order valence-electron chi connectivity index (χ4n) is 2.86. The fraction of sp³-hybridized carbons (Fsp3) is 0.679. The third-order valence-electron chi connectivity index (χ3n) is 5.13. The van der Waals surface area contributed by atoms with Gasteiger partial charge in [-0.25, -0.2) is 14.9 Å². The fourth-order valence-corrected chi connectivity index (χ4v) is 3.65. The highest BCUT2D eigenvalue weighted by molar-refractivity contribution is 7.47. The van der Waals surface area contributed by atoms with Gasteiger partial charge >= 0.3 is 7.82 Å². The Bertz CT molecular complexity index is 787. The minimum Gasteiger partial charge on any atom is -0.362 e. The molecule has 0 aromatic heterocycles. The Kier molecular flexibility index (Phi) is 20.4. The second kappa shape index (κ2) is 21.3. The summed E-state index contributed by atoms with van der Waals surface area (Å²) in [4.78, 5) is 26.6. The van der Waals surface area contributed by atoms with E-state index in [1.807, 2.05) is 27.2 Å². The molecular weight excluding hydrogens is 507 g/mol. The number of phosphoric ester groups is 1. The lowest BCUT2D eigenvalue weighted by Gasteiger charge is -2.25. The number of aliphatic hydroxyl groups is 1. The van der Waals surface area contributed by atoms with Crippen LogP contribution in [0.5, 0.6) is 0 Å². The first-order valence-electron chi connectivity index (χ1n) is 13.6. The first-order chi connectivity index (χ1) is 17.9. The number of quaternary nitrogens is 1. The molecule has 2 atom stereocenters. The molecule has 10 heteroatoms. The molecule has 0 rings (SSSR count). The van der Waals surface area contributed by atoms with Crippen LogP contribution in [-0.2, 0) is 23.2 Å². The topological polar surface area (TPSA) is 114 Å². The lowest BCUT2D eigenvalue weighted by molar-refractivity contribution is -0.870. The molecule has 0 aliphatic heterocycles. The van der Waals surface area contributed by atoms with E-state index >= 15 is 0 Å². The van der Waals surface area contributed by atoms with Crippen molar-refractivity contribution in [3.63, 3.8) is 0 Å². The van der Waals surface area contributed by atoms with E-state index in [0.717, 1.165) is 25.7 Å². The number of hydroxylamine groups is 1. The monoisotopic (exact) mass is 559 g/mol. The minimum absolute atomic E-state index is 0.0104. The Morgan fingerprint density at radius 3 is 1.95 bits per heavy atom. The number of carbonyl (C=O) groups is 1. The number of rotatable bonds is 23. The van der Waals surface area contributed by atoms with Crippen molar-refractivity contribution >= 4 is 13.7 Å². The van der Waals surface area contributed by atoms with Crippen LogP contribution < -0.4 is 5.48 Å². The van der Waals surface area contributed by atoms with Crippen LogP contribution in [0, 0.1) is 0 Å². The number of nitrogens with one attached hydrogen (secondary N) is 1. The average Bonchev–Trinajstić information content (AvgIpc) is 2.83. The summed E-state index contributed by atoms with van der Waals surface area (Å²) in [5, 5.41) is 10.1. The molecule has 0 radical (unpaired) electrons. The number of hydrogen-bond donors (Lipinski definition) is 3. The van der Waals surface area contributed by atoms with Crippen LogP contribution in [0.1, 0.15) is 78.1 Å². The largest absolute Gasteiger partial charge is 0.472 e. The molecule has 0 saturated heterocycles. The Morgan fingerprint density at radius 1 is 0.895 bits per heavy atom. The van der Waals surface area contributed by atoms with Crippen molar-refractivity contribution in [2.45, 2.75) is 83.8 Å². The molecule has 0 aromatic carbocycles. The SMILES string of the molecule is CCCCC/C=C\C/C=C\C/C=C\C/C=C\CCCC(=O)NOC(C)(O)COP(=O)(O)OCC[N+](C)(C)C. The molecule has 220 valence electrons. The summed E-state index contributed by atoms with van der Waals surface area (Å²) in [5.41, 5.74) is 2.15. The molecular formula is C28H52N2O7P+. The van der Waals surface area contributed by atoms with Crippen LogP contribution in [0.15, 0.2) is 48.6 Å². The summed E-state index contributed by atoms with van der Waals surface area (Å²) in [6.07, 6.45) is 26.5. The van der Waals surface area contributed by atoms with Gasteiger partial charge in [-0.3, -0.25) is 13.8 Å². The van der Waals surface area contributed by atoms with E-state index in [9.17, 15) is 19.4 Å². The highest BCUT2D eigenvalue weighted by Crippen LogP contribution is 2.43. The van der Waals surface area contributed by atoms with Gasteiger partial charge in [-0.2, -0.15) is 0 Å². The van der Waals surface area contributed by atoms with Gasteiger partial charge in [0.2, 0.25) is 11.7 Å². The van der Waals surface area contributed by atoms with Gasteiger partial charge in [0, 0.05) is 6.42 Å². The number of likely N-dealkylation sites (N-methyl/N-ethyl adjacent to an activating group) is 1. The van der Waals surface area contributed by atoms with Crippen molar-refractivity contribution < 1.29 is 37.7 Å². The predicted molar refractivity (Wildman–Crippen MR) is 153 cm³/mol. The van der Waals surface area contributed by atoms with Gasteiger partial charge in [-0.05, 0) is 51.9 Å². The quantitative estimate of drug-likeness (QED) is 0.0366. The van der Waals surface area contributed by atoms with Gasteiger partial charge in [-0.15, -0.1) is 0 Å². The first-order valence-corrected chi connectivity index (χ1v) is 15.1. The summed E-state index contributed by atoms with van der Waals surface area (Å²) in [7, 11) is 1.39. The Morgan fingerprint density at radius 2 is 1.42 bits per heavy atom. The van der Waals surface area contributed by atoms with Crippen molar-refractivity contribution in [2.75, 3.05) is 40.9 Å². The zero-order chi connectivity index (χ0) is 28.8. The van der Waals surface area contributed by atoms with Crippen molar-refractivity contribution in [3.05, 3.63) is 48.6 Å². The number of allylic oxidation sites excluding steroid dienone is 8. The molecule has 0 aliphatic rings. The molecule has 1 amide bonds. The number of amides is 1. The van der Waals surface area contributed by atoms with E-state index in [2.05, 4.69) is 54.9 Å². The molecule has 38 heavy (non-hydrogen) atoms. The van der Waals surface area contributed by atoms with Crippen LogP contribution in [-0.4, -0.2) is 67.1 Å². The molecule has 0 spiro atoms. The maximum Gasteiger partial charge on any atom is 0.472 e. The van der Waals surface area contributed by atoms with Crippen LogP contribution in [0.25, 0.3) is 0 Å². The normalized spacial score (nSPS) is 16.1. The molecule has 2 unspecified atom stereocenters. The smallest absolute Gasteiger partial charge is 0.362 e. The van der Waals surface area contributed by atoms with Crippen LogP contribution in [0.2, 0.25) is 0 Å². The third-order valence-corrected chi connectivity index (χ3v) is 6.09. The van der Waals surface area contributed by atoms with Crippen molar-refractivity contribution in [3.8, 4) is 0 Å². The summed E-state index contributed by atoms with van der Waals surface area (Å²) in [5.74, 6) is -2.41. The molecule has 9 nitrogen and oxygen atoms in total. The maximum absolute atomic E-state index is 11.9. The summed E-state index contributed by atoms with van der Waals surface area (Å²) in [6.45, 7) is 3.27. The van der Waals surface area contributed by atoms with Crippen molar-refractivity contribution in [1.29, 1.82) is 0 Å². The van der Waals surface area contributed by atoms with E-state index < -0.39 is 26.1 Å². The first kappa shape index (κ1) is 36.4. The van der Waals surface area contributed by atoms with Gasteiger partial charge in [0.15, 0.2) is 0 Å². The zero-order valence-electron chi connectivity index (χ0n) is 24.1. The Hall–Kier alpha value is -1.58. The van der Waals surface area contributed by atoms with Gasteiger partial charge in [0.05, 0.1) is 21.1 Å². The summed E-state index contributed by atoms with van der Waals surface area (Å²) in [6, 6.07) is 0. The van der Waals surface area contributed by atoms with E-state index in [1.165, 1.54) is 32.6 Å². The number of phosphoric acid groups is 1. The molecule has 0 heterocycles. The molecule has 0 aromatic rings. The number of hydrogen-bond acceptors (Lipinski definition) is 6. The highest BCUT2D eigenvalue weighted by atomic mass is 31.2. The molecule has 0 fully saturated rings. The van der Waals surface area contributed by atoms with Crippen LogP contribution in [0.3, 0.4) is 0 Å². The Labute approximate surface area is 230 Å². The standard InChI is InChI=1S/C28H51N2O7P/c1-6-7-8-9-10-11-12-13-14-15-16-17-18-19-20-21-22-23-27(31)29-37-28(2,32)26-36-38(33,34)35-25-24-30(3,4)5/h10-11,13-14,16-17,19-20,32H,6-9,12,15,18,21-26H2,1-5H3,(H-,29,31,33,34)/p+1/b11-10-,14-13-,17-16-,20-19-. The number of carbonyl (C=O) groups excluding carboxylic acids is 1. The third kappa shape index (κ3) is 26.0. The number of unbranched alkanes of at least 4 members (excludes halogenated alkanes) is 4. The minimum atomic E-state index is -4.35. The second-order valence-electron chi connectivity index (χ2n) is 10.4. The van der Waals surface area contributed by atoms with Gasteiger partial charge in [0.25, 0.3) is 0 Å². The average molecular weight is 560 g/mol. The van der Waals surface area contributed by atoms with Gasteiger partial charge in [0.1, 0.15) is 19.8 Å². The molecule has 0 saturated carbocycles. The van der Waals surface area contributed by atoms with E-state index in [0.29, 0.717) is 17.4 Å². The molecule has 0 aliphatic carbocycles. The molecule has 3 N–H and O–H groups in total. The van der Waals surface area contributed by atoms with Gasteiger partial charge in [-0.1, -0.05) is 68.4 Å². The van der Waals surface area contributed by atoms with Crippen LogP contribution in [0.4, 0.5) is 0 Å². The predicted octanol–water partition coefficient (Wildman–Crippen LogP) is 5.73. The van der Waals surface area contributed by atoms with E-state index in [4.69, 9.17) is 13.9 Å². The maximum atomic E-state index is 11.9. The number of nitrogens with zero attached hydrogens (tertiary/aromatic N) is 1. The van der Waals surface area contributed by atoms with Crippen LogP contribution >= 0.6 is 7.82 Å². The molecule has 0 bridgehead atoms. The summed E-state index contributed by atoms with van der Waals surface area (Å²) < 4.78 is 22.1. The highest BCUT2D eigenvalue weighted by Gasteiger charge is 2.30. The Balaban J connectivity index is 3.89. The van der Waals surface area contributed by atoms with Gasteiger partial charge < -0.3 is 14.5 Å². The van der Waals surface area contributed by atoms with E-state index in [-0.39, 0.29) is 13.0 Å². The lowest BCUT2D eigenvalue weighted by atomic mass is 10.2.